The summed E-state index contributed by atoms with van der Waals surface area (Å²) in [7, 11) is 0.133. The van der Waals surface area contributed by atoms with Crippen molar-refractivity contribution in [2.24, 2.45) is 0 Å². The molecule has 0 bridgehead atoms. The molecule has 0 radical (unpaired) electrons. The van der Waals surface area contributed by atoms with Crippen LogP contribution in [-0.2, 0) is 4.43 Å². The molecule has 0 saturated carbocycles. The molecular formula is C14H22O2Si. The minimum atomic E-state index is -1.54. The quantitative estimate of drug-likeness (QED) is 0.577. The van der Waals surface area contributed by atoms with E-state index in [1.165, 1.54) is 5.56 Å². The van der Waals surface area contributed by atoms with E-state index in [1.54, 1.807) is 7.11 Å². The molecule has 94 valence electrons. The Morgan fingerprint density at radius 2 is 1.71 bits per heavy atom. The van der Waals surface area contributed by atoms with Gasteiger partial charge in [-0.15, -0.1) is 0 Å². The molecule has 1 aromatic carbocycles. The first-order valence-corrected chi connectivity index (χ1v) is 9.31. The maximum absolute atomic E-state index is 6.15. The minimum absolute atomic E-state index is 0.0533. The first kappa shape index (κ1) is 14.0. The highest BCUT2D eigenvalue weighted by Crippen LogP contribution is 2.25. The molecule has 1 rings (SSSR count). The Morgan fingerprint density at radius 3 is 2.12 bits per heavy atom. The fourth-order valence-electron chi connectivity index (χ4n) is 1.57. The Morgan fingerprint density at radius 1 is 1.12 bits per heavy atom. The second-order valence-corrected chi connectivity index (χ2v) is 9.41. The molecule has 0 aliphatic rings. The van der Waals surface area contributed by atoms with E-state index < -0.39 is 8.32 Å². The van der Waals surface area contributed by atoms with Crippen molar-refractivity contribution < 1.29 is 9.16 Å². The summed E-state index contributed by atoms with van der Waals surface area (Å²) in [6.45, 7) is 8.62. The van der Waals surface area contributed by atoms with Crippen LogP contribution in [0.2, 0.25) is 19.6 Å². The lowest BCUT2D eigenvalue weighted by molar-refractivity contribution is 0.247. The third kappa shape index (κ3) is 4.75. The van der Waals surface area contributed by atoms with E-state index in [-0.39, 0.29) is 6.10 Å². The van der Waals surface area contributed by atoms with Gasteiger partial charge in [-0.1, -0.05) is 24.3 Å². The van der Waals surface area contributed by atoms with Crippen LogP contribution in [0.4, 0.5) is 0 Å². The van der Waals surface area contributed by atoms with Crippen molar-refractivity contribution in [2.75, 3.05) is 7.11 Å². The van der Waals surface area contributed by atoms with Crippen LogP contribution in [0.3, 0.4) is 0 Å². The van der Waals surface area contributed by atoms with Crippen LogP contribution in [0.5, 0.6) is 5.75 Å². The summed E-state index contributed by atoms with van der Waals surface area (Å²) in [5.74, 6) is 0.876. The number of benzene rings is 1. The second-order valence-electron chi connectivity index (χ2n) is 4.95. The maximum atomic E-state index is 6.15. The Hall–Kier alpha value is -1.06. The van der Waals surface area contributed by atoms with Crippen LogP contribution in [0, 0.1) is 0 Å². The lowest BCUT2D eigenvalue weighted by Gasteiger charge is -2.24. The van der Waals surface area contributed by atoms with E-state index in [1.807, 2.05) is 25.1 Å². The molecule has 0 aliphatic heterocycles. The Bertz CT molecular complexity index is 363. The number of ether oxygens (including phenoxy) is 1. The van der Waals surface area contributed by atoms with Gasteiger partial charge in [-0.2, -0.15) is 0 Å². The van der Waals surface area contributed by atoms with Crippen molar-refractivity contribution in [2.45, 2.75) is 32.7 Å². The van der Waals surface area contributed by atoms with Gasteiger partial charge < -0.3 is 9.16 Å². The van der Waals surface area contributed by atoms with Crippen LogP contribution < -0.4 is 4.74 Å². The highest BCUT2D eigenvalue weighted by Gasteiger charge is 2.20. The number of rotatable bonds is 5. The first-order valence-electron chi connectivity index (χ1n) is 5.91. The van der Waals surface area contributed by atoms with Crippen LogP contribution in [0.25, 0.3) is 0 Å². The van der Waals surface area contributed by atoms with Gasteiger partial charge in [0, 0.05) is 0 Å². The molecule has 0 saturated heterocycles. The van der Waals surface area contributed by atoms with E-state index in [9.17, 15) is 0 Å². The van der Waals surface area contributed by atoms with Gasteiger partial charge in [0.15, 0.2) is 8.32 Å². The van der Waals surface area contributed by atoms with Gasteiger partial charge in [0.05, 0.1) is 13.2 Å². The van der Waals surface area contributed by atoms with E-state index in [0.29, 0.717) is 0 Å². The van der Waals surface area contributed by atoms with Crippen LogP contribution in [-0.4, -0.2) is 15.4 Å². The normalized spacial score (nSPS) is 13.9. The zero-order valence-electron chi connectivity index (χ0n) is 11.4. The summed E-state index contributed by atoms with van der Waals surface area (Å²) < 4.78 is 11.3. The number of methoxy groups -OCH3 is 1. The summed E-state index contributed by atoms with van der Waals surface area (Å²) in [4.78, 5) is 0. The average Bonchev–Trinajstić information content (AvgIpc) is 2.27. The summed E-state index contributed by atoms with van der Waals surface area (Å²) in [5.41, 5.74) is 1.17. The van der Waals surface area contributed by atoms with Gasteiger partial charge in [-0.3, -0.25) is 0 Å². The molecule has 0 aromatic heterocycles. The van der Waals surface area contributed by atoms with Gasteiger partial charge in [0.2, 0.25) is 0 Å². The monoisotopic (exact) mass is 250 g/mol. The molecule has 17 heavy (non-hydrogen) atoms. The maximum Gasteiger partial charge on any atom is 0.185 e. The lowest BCUT2D eigenvalue weighted by Crippen LogP contribution is -2.27. The Labute approximate surface area is 105 Å². The average molecular weight is 250 g/mol. The molecule has 1 aromatic rings. The zero-order chi connectivity index (χ0) is 12.9. The standard InChI is InChI=1S/C14H22O2Si/c1-6-7-14(16-17(3,4)5)12-8-10-13(15-2)11-9-12/h6-11,14H,1-5H3/b7-6-. The summed E-state index contributed by atoms with van der Waals surface area (Å²) in [6.07, 6.45) is 4.19. The van der Waals surface area contributed by atoms with Crippen molar-refractivity contribution in [3.8, 4) is 5.75 Å². The molecule has 0 fully saturated rings. The van der Waals surface area contributed by atoms with Crippen LogP contribution >= 0.6 is 0 Å². The van der Waals surface area contributed by atoms with Gasteiger partial charge in [0.1, 0.15) is 5.75 Å². The smallest absolute Gasteiger partial charge is 0.185 e. The van der Waals surface area contributed by atoms with Crippen molar-refractivity contribution in [3.63, 3.8) is 0 Å². The van der Waals surface area contributed by atoms with E-state index in [4.69, 9.17) is 9.16 Å². The zero-order valence-corrected chi connectivity index (χ0v) is 12.4. The van der Waals surface area contributed by atoms with Gasteiger partial charge in [-0.25, -0.2) is 0 Å². The third-order valence-electron chi connectivity index (χ3n) is 2.29. The molecule has 0 spiro atoms. The Kier molecular flexibility index (Phi) is 4.96. The molecule has 2 nitrogen and oxygen atoms in total. The topological polar surface area (TPSA) is 18.5 Å². The largest absolute Gasteiger partial charge is 0.497 e. The highest BCUT2D eigenvalue weighted by molar-refractivity contribution is 6.69. The predicted molar refractivity (Wildman–Crippen MR) is 75.0 cm³/mol. The summed E-state index contributed by atoms with van der Waals surface area (Å²) >= 11 is 0. The lowest BCUT2D eigenvalue weighted by atomic mass is 10.1. The summed E-state index contributed by atoms with van der Waals surface area (Å²) in [6, 6.07) is 8.06. The molecule has 3 heteroatoms. The molecule has 0 N–H and O–H groups in total. The van der Waals surface area contributed by atoms with Crippen molar-refractivity contribution >= 4 is 8.32 Å². The molecular weight excluding hydrogens is 228 g/mol. The van der Waals surface area contributed by atoms with Gasteiger partial charge in [0.25, 0.3) is 0 Å². The van der Waals surface area contributed by atoms with Crippen molar-refractivity contribution in [1.29, 1.82) is 0 Å². The predicted octanol–water partition coefficient (Wildman–Crippen LogP) is 4.16. The van der Waals surface area contributed by atoms with Gasteiger partial charge >= 0.3 is 0 Å². The number of hydrogen-bond acceptors (Lipinski definition) is 2. The van der Waals surface area contributed by atoms with Gasteiger partial charge in [-0.05, 0) is 44.3 Å². The van der Waals surface area contributed by atoms with E-state index >= 15 is 0 Å². The number of hydrogen-bond donors (Lipinski definition) is 0. The molecule has 1 atom stereocenters. The van der Waals surface area contributed by atoms with E-state index in [2.05, 4.69) is 37.8 Å². The van der Waals surface area contributed by atoms with E-state index in [0.717, 1.165) is 5.75 Å². The molecule has 1 unspecified atom stereocenters. The number of allylic oxidation sites excluding steroid dienone is 1. The highest BCUT2D eigenvalue weighted by atomic mass is 28.4. The van der Waals surface area contributed by atoms with Crippen molar-refractivity contribution in [1.82, 2.24) is 0 Å². The first-order chi connectivity index (χ1) is 7.96. The SMILES string of the molecule is C/C=C\C(O[Si](C)(C)C)c1ccc(OC)cc1. The Balaban J connectivity index is 2.89. The summed E-state index contributed by atoms with van der Waals surface area (Å²) in [5, 5.41) is 0. The molecule has 0 heterocycles. The van der Waals surface area contributed by atoms with Crippen LogP contribution in [0.1, 0.15) is 18.6 Å². The second kappa shape index (κ2) is 6.03. The third-order valence-corrected chi connectivity index (χ3v) is 3.25. The molecule has 0 aliphatic carbocycles. The fraction of sp³-hybridized carbons (Fsp3) is 0.429. The molecule has 0 amide bonds. The van der Waals surface area contributed by atoms with Crippen LogP contribution in [0.15, 0.2) is 36.4 Å². The van der Waals surface area contributed by atoms with Crippen molar-refractivity contribution in [3.05, 3.63) is 42.0 Å². The minimum Gasteiger partial charge on any atom is -0.497 e. The fourth-order valence-corrected chi connectivity index (χ4v) is 2.54.